The highest BCUT2D eigenvalue weighted by molar-refractivity contribution is 7.18. The highest BCUT2D eigenvalue weighted by Crippen LogP contribution is 2.33. The minimum absolute atomic E-state index is 0.221. The number of hydrogen-bond acceptors (Lipinski definition) is 5. The maximum Gasteiger partial charge on any atom is 0.319 e. The number of thiazole rings is 1. The first-order valence-corrected chi connectivity index (χ1v) is 11.5. The molecule has 0 atom stereocenters. The summed E-state index contributed by atoms with van der Waals surface area (Å²) in [4.78, 5) is 30.2. The molecule has 2 aromatic heterocycles. The maximum absolute atomic E-state index is 12.3. The number of nitrogens with zero attached hydrogens (tertiary/aromatic N) is 3. The standard InChI is InChI=1S/C25H25N5O2S/c1-16-9-10-20(17(2)15-16)28-25(32)26-13-14-30-22(31)12-11-21(29-30)23-18(3)27-24(33-23)19-7-5-4-6-8-19/h4-12,15H,13-14H2,1-3H3,(H2,26,28,32). The van der Waals surface area contributed by atoms with Gasteiger partial charge in [-0.05, 0) is 38.5 Å². The summed E-state index contributed by atoms with van der Waals surface area (Å²) in [6, 6.07) is 18.7. The first-order valence-electron chi connectivity index (χ1n) is 10.6. The summed E-state index contributed by atoms with van der Waals surface area (Å²) in [5.74, 6) is 0. The lowest BCUT2D eigenvalue weighted by atomic mass is 10.1. The molecule has 0 fully saturated rings. The lowest BCUT2D eigenvalue weighted by molar-refractivity contribution is 0.251. The largest absolute Gasteiger partial charge is 0.336 e. The summed E-state index contributed by atoms with van der Waals surface area (Å²) < 4.78 is 1.37. The second-order valence-corrected chi connectivity index (χ2v) is 8.78. The Labute approximate surface area is 196 Å². The van der Waals surface area contributed by atoms with Crippen LogP contribution in [0.15, 0.2) is 65.5 Å². The number of rotatable bonds is 6. The predicted octanol–water partition coefficient (Wildman–Crippen LogP) is 4.78. The van der Waals surface area contributed by atoms with Crippen LogP contribution in [-0.2, 0) is 6.54 Å². The molecule has 33 heavy (non-hydrogen) atoms. The molecule has 2 aromatic carbocycles. The van der Waals surface area contributed by atoms with Gasteiger partial charge in [-0.2, -0.15) is 5.10 Å². The van der Waals surface area contributed by atoms with Crippen LogP contribution in [-0.4, -0.2) is 27.3 Å². The van der Waals surface area contributed by atoms with Gasteiger partial charge >= 0.3 is 6.03 Å². The summed E-state index contributed by atoms with van der Waals surface area (Å²) in [6.45, 7) is 6.42. The van der Waals surface area contributed by atoms with Gasteiger partial charge in [0.1, 0.15) is 10.7 Å². The highest BCUT2D eigenvalue weighted by atomic mass is 32.1. The highest BCUT2D eigenvalue weighted by Gasteiger charge is 2.14. The molecule has 0 aliphatic carbocycles. The molecule has 168 valence electrons. The van der Waals surface area contributed by atoms with E-state index in [-0.39, 0.29) is 24.7 Å². The first-order chi connectivity index (χ1) is 15.9. The smallest absolute Gasteiger partial charge is 0.319 e. The second kappa shape index (κ2) is 9.79. The monoisotopic (exact) mass is 459 g/mol. The van der Waals surface area contributed by atoms with Crippen molar-refractivity contribution in [1.29, 1.82) is 0 Å². The van der Waals surface area contributed by atoms with E-state index in [0.717, 1.165) is 38.0 Å². The molecule has 0 bridgehead atoms. The van der Waals surface area contributed by atoms with E-state index >= 15 is 0 Å². The van der Waals surface area contributed by atoms with E-state index in [1.807, 2.05) is 69.3 Å². The van der Waals surface area contributed by atoms with E-state index in [1.165, 1.54) is 10.7 Å². The predicted molar refractivity (Wildman–Crippen MR) is 133 cm³/mol. The minimum atomic E-state index is -0.322. The Morgan fingerprint density at radius 3 is 2.58 bits per heavy atom. The van der Waals surface area contributed by atoms with Gasteiger partial charge in [-0.15, -0.1) is 11.3 Å². The molecule has 0 aliphatic rings. The fourth-order valence-corrected chi connectivity index (χ4v) is 4.50. The molecule has 0 aliphatic heterocycles. The van der Waals surface area contributed by atoms with Gasteiger partial charge in [-0.25, -0.2) is 14.5 Å². The Hall–Kier alpha value is -3.78. The fraction of sp³-hybridized carbons (Fsp3) is 0.200. The van der Waals surface area contributed by atoms with E-state index in [1.54, 1.807) is 17.4 Å². The summed E-state index contributed by atoms with van der Waals surface area (Å²) in [6.07, 6.45) is 0. The van der Waals surface area contributed by atoms with Crippen molar-refractivity contribution in [2.24, 2.45) is 0 Å². The van der Waals surface area contributed by atoms with Crippen molar-refractivity contribution in [3.8, 4) is 21.1 Å². The molecule has 2 heterocycles. The van der Waals surface area contributed by atoms with Gasteiger partial charge in [0.15, 0.2) is 0 Å². The van der Waals surface area contributed by atoms with Crippen molar-refractivity contribution in [3.05, 3.63) is 87.8 Å². The third kappa shape index (κ3) is 5.35. The van der Waals surface area contributed by atoms with Gasteiger partial charge in [0, 0.05) is 23.9 Å². The van der Waals surface area contributed by atoms with E-state index in [4.69, 9.17) is 0 Å². The van der Waals surface area contributed by atoms with Crippen LogP contribution < -0.4 is 16.2 Å². The Kier molecular flexibility index (Phi) is 6.65. The van der Waals surface area contributed by atoms with E-state index in [0.29, 0.717) is 5.69 Å². The SMILES string of the molecule is Cc1ccc(NC(=O)NCCn2nc(-c3sc(-c4ccccc4)nc3C)ccc2=O)c(C)c1. The Morgan fingerprint density at radius 2 is 1.82 bits per heavy atom. The van der Waals surface area contributed by atoms with Crippen LogP contribution in [0.4, 0.5) is 10.5 Å². The zero-order valence-electron chi connectivity index (χ0n) is 18.8. The van der Waals surface area contributed by atoms with Crippen molar-refractivity contribution < 1.29 is 4.79 Å². The number of carbonyl (C=O) groups is 1. The summed E-state index contributed by atoms with van der Waals surface area (Å²) in [5, 5.41) is 11.0. The summed E-state index contributed by atoms with van der Waals surface area (Å²) in [7, 11) is 0. The third-order valence-electron chi connectivity index (χ3n) is 5.16. The number of urea groups is 1. The Morgan fingerprint density at radius 1 is 1.03 bits per heavy atom. The number of carbonyl (C=O) groups excluding carboxylic acids is 1. The van der Waals surface area contributed by atoms with Crippen LogP contribution >= 0.6 is 11.3 Å². The van der Waals surface area contributed by atoms with Crippen molar-refractivity contribution >= 4 is 23.1 Å². The number of amides is 2. The van der Waals surface area contributed by atoms with E-state index in [2.05, 4.69) is 20.7 Å². The first kappa shape index (κ1) is 22.4. The number of anilines is 1. The van der Waals surface area contributed by atoms with Crippen LogP contribution in [0.3, 0.4) is 0 Å². The molecule has 0 spiro atoms. The van der Waals surface area contributed by atoms with Gasteiger partial charge in [0.05, 0.1) is 17.1 Å². The zero-order chi connectivity index (χ0) is 23.4. The average molecular weight is 460 g/mol. The van der Waals surface area contributed by atoms with Crippen LogP contribution in [0.25, 0.3) is 21.1 Å². The third-order valence-corrected chi connectivity index (χ3v) is 6.38. The fourth-order valence-electron chi connectivity index (χ4n) is 3.46. The minimum Gasteiger partial charge on any atom is -0.336 e. The lowest BCUT2D eigenvalue weighted by Crippen LogP contribution is -2.34. The van der Waals surface area contributed by atoms with Gasteiger partial charge in [0.2, 0.25) is 0 Å². The topological polar surface area (TPSA) is 88.9 Å². The average Bonchev–Trinajstić information content (AvgIpc) is 3.19. The van der Waals surface area contributed by atoms with Gasteiger partial charge in [0.25, 0.3) is 5.56 Å². The molecule has 4 rings (SSSR count). The van der Waals surface area contributed by atoms with Crippen molar-refractivity contribution in [3.63, 3.8) is 0 Å². The molecule has 7 nitrogen and oxygen atoms in total. The van der Waals surface area contributed by atoms with E-state index in [9.17, 15) is 9.59 Å². The van der Waals surface area contributed by atoms with Crippen LogP contribution in [0.5, 0.6) is 0 Å². The normalized spacial score (nSPS) is 10.8. The second-order valence-electron chi connectivity index (χ2n) is 7.78. The lowest BCUT2D eigenvalue weighted by Gasteiger charge is -2.11. The van der Waals surface area contributed by atoms with E-state index < -0.39 is 0 Å². The number of benzene rings is 2. The number of aromatic nitrogens is 3. The molecule has 8 heteroatoms. The molecule has 2 amide bonds. The van der Waals surface area contributed by atoms with Crippen LogP contribution in [0.2, 0.25) is 0 Å². The Bertz CT molecular complexity index is 1340. The molecular weight excluding hydrogens is 434 g/mol. The molecule has 0 saturated carbocycles. The quantitative estimate of drug-likeness (QED) is 0.434. The molecule has 0 saturated heterocycles. The molecule has 4 aromatic rings. The summed E-state index contributed by atoms with van der Waals surface area (Å²) >= 11 is 1.54. The molecule has 0 unspecified atom stereocenters. The summed E-state index contributed by atoms with van der Waals surface area (Å²) in [5.41, 5.74) is 5.26. The van der Waals surface area contributed by atoms with Gasteiger partial charge < -0.3 is 10.6 Å². The van der Waals surface area contributed by atoms with Crippen molar-refractivity contribution in [1.82, 2.24) is 20.1 Å². The van der Waals surface area contributed by atoms with Gasteiger partial charge in [-0.3, -0.25) is 4.79 Å². The van der Waals surface area contributed by atoms with Crippen molar-refractivity contribution in [2.45, 2.75) is 27.3 Å². The number of hydrogen-bond donors (Lipinski definition) is 2. The molecule has 2 N–H and O–H groups in total. The van der Waals surface area contributed by atoms with Gasteiger partial charge in [-0.1, -0.05) is 48.0 Å². The maximum atomic E-state index is 12.3. The molecule has 0 radical (unpaired) electrons. The number of aryl methyl sites for hydroxylation is 3. The number of nitrogens with one attached hydrogen (secondary N) is 2. The molecular formula is C25H25N5O2S. The van der Waals surface area contributed by atoms with Crippen molar-refractivity contribution in [2.75, 3.05) is 11.9 Å². The Balaban J connectivity index is 1.43. The zero-order valence-corrected chi connectivity index (χ0v) is 19.6. The van der Waals surface area contributed by atoms with Crippen LogP contribution in [0, 0.1) is 20.8 Å². The van der Waals surface area contributed by atoms with Crippen LogP contribution in [0.1, 0.15) is 16.8 Å².